The van der Waals surface area contributed by atoms with Crippen LogP contribution in [0, 0.1) is 0 Å². The van der Waals surface area contributed by atoms with Crippen molar-refractivity contribution in [2.24, 2.45) is 0 Å². The highest BCUT2D eigenvalue weighted by atomic mass is 79.9. The van der Waals surface area contributed by atoms with E-state index >= 15 is 0 Å². The molecule has 0 saturated heterocycles. The van der Waals surface area contributed by atoms with Crippen LogP contribution in [-0.4, -0.2) is 9.78 Å². The van der Waals surface area contributed by atoms with Gasteiger partial charge in [-0.1, -0.05) is 0 Å². The van der Waals surface area contributed by atoms with Crippen LogP contribution in [0.1, 0.15) is 5.76 Å². The highest BCUT2D eigenvalue weighted by Crippen LogP contribution is 2.14. The third kappa shape index (κ3) is 1.92. The fourth-order valence-electron chi connectivity index (χ4n) is 1.06. The Bertz CT molecular complexity index is 369. The number of anilines is 1. The zero-order valence-corrected chi connectivity index (χ0v) is 8.36. The largest absolute Gasteiger partial charge is 0.452 e. The molecular formula is C8H8BrN3O. The lowest BCUT2D eigenvalue weighted by molar-refractivity contribution is 0.463. The van der Waals surface area contributed by atoms with Crippen LogP contribution in [0.5, 0.6) is 0 Å². The first-order valence-corrected chi connectivity index (χ1v) is 4.56. The molecular weight excluding hydrogens is 234 g/mol. The van der Waals surface area contributed by atoms with Crippen molar-refractivity contribution in [1.29, 1.82) is 0 Å². The lowest BCUT2D eigenvalue weighted by atomic mass is 10.4. The maximum absolute atomic E-state index is 5.47. The third-order valence-corrected chi connectivity index (χ3v) is 2.03. The van der Waals surface area contributed by atoms with Gasteiger partial charge in [0.05, 0.1) is 6.54 Å². The van der Waals surface area contributed by atoms with E-state index in [2.05, 4.69) is 21.0 Å². The molecule has 0 fully saturated rings. The molecule has 68 valence electrons. The number of nitrogens with zero attached hydrogens (tertiary/aromatic N) is 2. The number of aromatic nitrogens is 2. The second kappa shape index (κ2) is 3.26. The van der Waals surface area contributed by atoms with Crippen molar-refractivity contribution in [3.63, 3.8) is 0 Å². The van der Waals surface area contributed by atoms with E-state index in [-0.39, 0.29) is 0 Å². The Morgan fingerprint density at radius 1 is 1.46 bits per heavy atom. The number of nitrogen functional groups attached to an aromatic ring is 1. The van der Waals surface area contributed by atoms with Crippen molar-refractivity contribution < 1.29 is 4.42 Å². The van der Waals surface area contributed by atoms with E-state index in [9.17, 15) is 0 Å². The van der Waals surface area contributed by atoms with Crippen LogP contribution < -0.4 is 5.73 Å². The molecule has 2 heterocycles. The van der Waals surface area contributed by atoms with Gasteiger partial charge in [-0.15, -0.1) is 0 Å². The van der Waals surface area contributed by atoms with Gasteiger partial charge in [0.15, 0.2) is 4.67 Å². The van der Waals surface area contributed by atoms with Crippen LogP contribution >= 0.6 is 15.9 Å². The minimum Gasteiger partial charge on any atom is -0.452 e. The van der Waals surface area contributed by atoms with E-state index in [0.29, 0.717) is 12.4 Å². The van der Waals surface area contributed by atoms with Crippen LogP contribution in [0.2, 0.25) is 0 Å². The number of halogens is 1. The summed E-state index contributed by atoms with van der Waals surface area (Å²) in [5, 5.41) is 4.03. The third-order valence-electron chi connectivity index (χ3n) is 1.61. The van der Waals surface area contributed by atoms with Crippen LogP contribution in [-0.2, 0) is 6.54 Å². The lowest BCUT2D eigenvalue weighted by Crippen LogP contribution is -1.99. The molecule has 0 aliphatic rings. The summed E-state index contributed by atoms with van der Waals surface area (Å²) < 4.78 is 7.76. The number of nitrogens with two attached hydrogens (primary N) is 1. The quantitative estimate of drug-likeness (QED) is 0.874. The Balaban J connectivity index is 2.14. The van der Waals surface area contributed by atoms with Crippen molar-refractivity contribution in [2.45, 2.75) is 6.54 Å². The fourth-order valence-corrected chi connectivity index (χ4v) is 1.40. The molecule has 0 aliphatic carbocycles. The standard InChI is InChI=1S/C8H8BrN3O/c9-7-2-1-6(13-7)5-12-4-3-8(10)11-12/h1-4H,5H2,(H2,10,11). The minimum absolute atomic E-state index is 0.519. The maximum Gasteiger partial charge on any atom is 0.169 e. The number of furan rings is 1. The van der Waals surface area contributed by atoms with Gasteiger partial charge in [0, 0.05) is 6.20 Å². The zero-order valence-electron chi connectivity index (χ0n) is 6.77. The second-order valence-corrected chi connectivity index (χ2v) is 3.43. The number of rotatable bonds is 2. The Kier molecular flexibility index (Phi) is 2.10. The molecule has 5 heteroatoms. The van der Waals surface area contributed by atoms with Crippen molar-refractivity contribution in [1.82, 2.24) is 9.78 Å². The molecule has 0 atom stereocenters. The molecule has 0 amide bonds. The Hall–Kier alpha value is -1.23. The van der Waals surface area contributed by atoms with Gasteiger partial charge in [-0.3, -0.25) is 4.68 Å². The average Bonchev–Trinajstić information content (AvgIpc) is 2.62. The Morgan fingerprint density at radius 3 is 2.85 bits per heavy atom. The summed E-state index contributed by atoms with van der Waals surface area (Å²) in [6, 6.07) is 5.49. The zero-order chi connectivity index (χ0) is 9.26. The smallest absolute Gasteiger partial charge is 0.169 e. The predicted octanol–water partition coefficient (Wildman–Crippen LogP) is 1.87. The summed E-state index contributed by atoms with van der Waals surface area (Å²) in [4.78, 5) is 0. The molecule has 0 aromatic carbocycles. The molecule has 2 N–H and O–H groups in total. The molecule has 13 heavy (non-hydrogen) atoms. The highest BCUT2D eigenvalue weighted by molar-refractivity contribution is 9.10. The molecule has 2 aromatic rings. The van der Waals surface area contributed by atoms with E-state index in [1.165, 1.54) is 0 Å². The van der Waals surface area contributed by atoms with Gasteiger partial charge in [-0.2, -0.15) is 5.10 Å². The first kappa shape index (κ1) is 8.37. The average molecular weight is 242 g/mol. The topological polar surface area (TPSA) is 57.0 Å². The SMILES string of the molecule is Nc1ccn(Cc2ccc(Br)o2)n1. The number of hydrogen-bond donors (Lipinski definition) is 1. The molecule has 0 saturated carbocycles. The molecule has 0 aliphatic heterocycles. The van der Waals surface area contributed by atoms with Gasteiger partial charge in [-0.25, -0.2) is 0 Å². The van der Waals surface area contributed by atoms with E-state index in [1.54, 1.807) is 10.7 Å². The summed E-state index contributed by atoms with van der Waals surface area (Å²) in [5.74, 6) is 1.36. The summed E-state index contributed by atoms with van der Waals surface area (Å²) >= 11 is 3.23. The predicted molar refractivity (Wildman–Crippen MR) is 52.1 cm³/mol. The first-order chi connectivity index (χ1) is 6.24. The molecule has 0 spiro atoms. The van der Waals surface area contributed by atoms with Gasteiger partial charge in [-0.05, 0) is 34.1 Å². The summed E-state index contributed by atoms with van der Waals surface area (Å²) in [6.07, 6.45) is 1.81. The minimum atomic E-state index is 0.519. The summed E-state index contributed by atoms with van der Waals surface area (Å²) in [7, 11) is 0. The van der Waals surface area contributed by atoms with Gasteiger partial charge in [0.2, 0.25) is 0 Å². The summed E-state index contributed by atoms with van der Waals surface area (Å²) in [6.45, 7) is 0.600. The normalized spacial score (nSPS) is 10.5. The van der Waals surface area contributed by atoms with Gasteiger partial charge < -0.3 is 10.2 Å². The second-order valence-electron chi connectivity index (χ2n) is 2.64. The van der Waals surface area contributed by atoms with Crippen LogP contribution in [0.4, 0.5) is 5.82 Å². The monoisotopic (exact) mass is 241 g/mol. The van der Waals surface area contributed by atoms with Crippen LogP contribution in [0.25, 0.3) is 0 Å². The van der Waals surface area contributed by atoms with E-state index in [1.807, 2.05) is 18.3 Å². The molecule has 2 aromatic heterocycles. The maximum atomic E-state index is 5.47. The van der Waals surface area contributed by atoms with E-state index < -0.39 is 0 Å². The van der Waals surface area contributed by atoms with E-state index in [4.69, 9.17) is 10.2 Å². The van der Waals surface area contributed by atoms with Crippen molar-refractivity contribution in [3.8, 4) is 0 Å². The van der Waals surface area contributed by atoms with Crippen molar-refractivity contribution >= 4 is 21.7 Å². The molecule has 2 rings (SSSR count). The summed E-state index contributed by atoms with van der Waals surface area (Å²) in [5.41, 5.74) is 5.47. The lowest BCUT2D eigenvalue weighted by Gasteiger charge is -1.95. The molecule has 0 unspecified atom stereocenters. The van der Waals surface area contributed by atoms with Gasteiger partial charge in [0.25, 0.3) is 0 Å². The Labute approximate surface area is 83.5 Å². The highest BCUT2D eigenvalue weighted by Gasteiger charge is 2.01. The van der Waals surface area contributed by atoms with Gasteiger partial charge in [0.1, 0.15) is 11.6 Å². The van der Waals surface area contributed by atoms with Crippen LogP contribution in [0.3, 0.4) is 0 Å². The van der Waals surface area contributed by atoms with Crippen molar-refractivity contribution in [2.75, 3.05) is 5.73 Å². The van der Waals surface area contributed by atoms with Crippen LogP contribution in [0.15, 0.2) is 33.5 Å². The van der Waals surface area contributed by atoms with Gasteiger partial charge >= 0.3 is 0 Å². The number of hydrogen-bond acceptors (Lipinski definition) is 3. The van der Waals surface area contributed by atoms with E-state index in [0.717, 1.165) is 10.4 Å². The first-order valence-electron chi connectivity index (χ1n) is 3.77. The molecule has 0 bridgehead atoms. The molecule has 0 radical (unpaired) electrons. The van der Waals surface area contributed by atoms with Crippen molar-refractivity contribution in [3.05, 3.63) is 34.8 Å². The Morgan fingerprint density at radius 2 is 2.31 bits per heavy atom. The molecule has 4 nitrogen and oxygen atoms in total. The fraction of sp³-hybridized carbons (Fsp3) is 0.125.